The van der Waals surface area contributed by atoms with Crippen molar-refractivity contribution in [1.82, 2.24) is 0 Å². The fraction of sp³-hybridized carbons (Fsp3) is 0.0769. The fourth-order valence-electron chi connectivity index (χ4n) is 1.64. The molecule has 0 aromatic heterocycles. The van der Waals surface area contributed by atoms with E-state index in [0.29, 0.717) is 5.56 Å². The predicted octanol–water partition coefficient (Wildman–Crippen LogP) is 4.25. The summed E-state index contributed by atoms with van der Waals surface area (Å²) in [6, 6.07) is 8.03. The topological polar surface area (TPSA) is 55.2 Å². The van der Waals surface area contributed by atoms with Crippen LogP contribution >= 0.6 is 15.9 Å². The first-order valence-corrected chi connectivity index (χ1v) is 6.38. The van der Waals surface area contributed by atoms with Crippen molar-refractivity contribution in [3.8, 4) is 0 Å². The number of hydrogen-bond acceptors (Lipinski definition) is 3. The first kappa shape index (κ1) is 14.4. The molecule has 0 saturated heterocycles. The summed E-state index contributed by atoms with van der Waals surface area (Å²) in [5, 5.41) is 13.4. The number of benzene rings is 2. The van der Waals surface area contributed by atoms with Gasteiger partial charge in [-0.2, -0.15) is 0 Å². The van der Waals surface area contributed by atoms with E-state index in [2.05, 4.69) is 21.2 Å². The van der Waals surface area contributed by atoms with E-state index in [0.717, 1.165) is 6.07 Å². The molecule has 0 bridgehead atoms. The van der Waals surface area contributed by atoms with Crippen LogP contribution in [0.15, 0.2) is 40.9 Å². The fourth-order valence-corrected chi connectivity index (χ4v) is 1.98. The molecule has 0 amide bonds. The quantitative estimate of drug-likeness (QED) is 0.513. The average molecular weight is 343 g/mol. The Labute approximate surface area is 121 Å². The van der Waals surface area contributed by atoms with Gasteiger partial charge in [-0.05, 0) is 27.6 Å². The molecule has 0 atom stereocenters. The highest BCUT2D eigenvalue weighted by Gasteiger charge is 2.09. The number of anilines is 1. The van der Waals surface area contributed by atoms with Crippen LogP contribution < -0.4 is 5.32 Å². The van der Waals surface area contributed by atoms with E-state index in [-0.39, 0.29) is 22.4 Å². The zero-order chi connectivity index (χ0) is 14.7. The van der Waals surface area contributed by atoms with E-state index < -0.39 is 16.6 Å². The van der Waals surface area contributed by atoms with Crippen LogP contribution in [0.3, 0.4) is 0 Å². The number of halogens is 3. The smallest absolute Gasteiger partial charge is 0.269 e. The molecule has 0 saturated carbocycles. The molecule has 0 unspecified atom stereocenters. The van der Waals surface area contributed by atoms with Gasteiger partial charge in [0.2, 0.25) is 0 Å². The molecule has 0 radical (unpaired) electrons. The van der Waals surface area contributed by atoms with Crippen LogP contribution in [-0.4, -0.2) is 4.92 Å². The number of non-ortho nitro benzene ring substituents is 1. The summed E-state index contributed by atoms with van der Waals surface area (Å²) in [5.74, 6) is -1.42. The normalized spacial score (nSPS) is 10.3. The Morgan fingerprint density at radius 2 is 1.95 bits per heavy atom. The molecule has 0 aliphatic heterocycles. The Morgan fingerprint density at radius 3 is 2.65 bits per heavy atom. The van der Waals surface area contributed by atoms with Crippen LogP contribution in [0.5, 0.6) is 0 Å². The Hall–Kier alpha value is -2.02. The monoisotopic (exact) mass is 342 g/mol. The van der Waals surface area contributed by atoms with Crippen LogP contribution in [0.2, 0.25) is 0 Å². The number of hydrogen-bond donors (Lipinski definition) is 1. The summed E-state index contributed by atoms with van der Waals surface area (Å²) in [7, 11) is 0. The van der Waals surface area contributed by atoms with Gasteiger partial charge in [-0.15, -0.1) is 0 Å². The molecule has 2 rings (SSSR count). The molecule has 0 spiro atoms. The molecule has 0 heterocycles. The number of nitrogens with zero attached hydrogens (tertiary/aromatic N) is 1. The second kappa shape index (κ2) is 5.96. The van der Waals surface area contributed by atoms with Gasteiger partial charge in [0.25, 0.3) is 5.69 Å². The molecule has 0 aliphatic carbocycles. The van der Waals surface area contributed by atoms with Gasteiger partial charge < -0.3 is 5.32 Å². The highest BCUT2D eigenvalue weighted by Crippen LogP contribution is 2.24. The highest BCUT2D eigenvalue weighted by atomic mass is 79.9. The van der Waals surface area contributed by atoms with E-state index in [9.17, 15) is 18.9 Å². The minimum Gasteiger partial charge on any atom is -0.379 e. The summed E-state index contributed by atoms with van der Waals surface area (Å²) >= 11 is 2.97. The Kier molecular flexibility index (Phi) is 4.29. The van der Waals surface area contributed by atoms with Crippen molar-refractivity contribution in [2.24, 2.45) is 0 Å². The molecular formula is C13H9BrF2N2O2. The SMILES string of the molecule is O=[N+]([O-])c1cccc(CNc2cc(Br)c(F)cc2F)c1. The number of rotatable bonds is 4. The van der Waals surface area contributed by atoms with Gasteiger partial charge >= 0.3 is 0 Å². The Morgan fingerprint density at radius 1 is 1.20 bits per heavy atom. The highest BCUT2D eigenvalue weighted by molar-refractivity contribution is 9.10. The number of nitrogens with one attached hydrogen (secondary N) is 1. The molecular weight excluding hydrogens is 334 g/mol. The van der Waals surface area contributed by atoms with Crippen molar-refractivity contribution in [3.05, 3.63) is 68.2 Å². The maximum atomic E-state index is 13.5. The third-order valence-electron chi connectivity index (χ3n) is 2.61. The van der Waals surface area contributed by atoms with E-state index >= 15 is 0 Å². The lowest BCUT2D eigenvalue weighted by Gasteiger charge is -2.08. The van der Waals surface area contributed by atoms with Gasteiger partial charge in [0.05, 0.1) is 15.1 Å². The van der Waals surface area contributed by atoms with E-state index in [1.54, 1.807) is 12.1 Å². The third-order valence-corrected chi connectivity index (χ3v) is 3.22. The first-order valence-electron chi connectivity index (χ1n) is 5.59. The van der Waals surface area contributed by atoms with Crippen molar-refractivity contribution in [2.45, 2.75) is 6.54 Å². The van der Waals surface area contributed by atoms with Crippen LogP contribution in [0.25, 0.3) is 0 Å². The lowest BCUT2D eigenvalue weighted by molar-refractivity contribution is -0.384. The largest absolute Gasteiger partial charge is 0.379 e. The van der Waals surface area contributed by atoms with Gasteiger partial charge in [0, 0.05) is 24.7 Å². The zero-order valence-corrected chi connectivity index (χ0v) is 11.7. The summed E-state index contributed by atoms with van der Waals surface area (Å²) in [6.07, 6.45) is 0. The molecule has 0 fully saturated rings. The molecule has 20 heavy (non-hydrogen) atoms. The van der Waals surface area contributed by atoms with Crippen LogP contribution in [0.4, 0.5) is 20.2 Å². The lowest BCUT2D eigenvalue weighted by Crippen LogP contribution is -2.02. The van der Waals surface area contributed by atoms with Gasteiger partial charge in [-0.1, -0.05) is 12.1 Å². The minimum absolute atomic E-state index is 0.0370. The molecule has 4 nitrogen and oxygen atoms in total. The number of nitro groups is 1. The van der Waals surface area contributed by atoms with Gasteiger partial charge in [-0.25, -0.2) is 8.78 Å². The second-order valence-electron chi connectivity index (χ2n) is 4.03. The summed E-state index contributed by atoms with van der Waals surface area (Å²) in [5.41, 5.74) is 0.703. The van der Waals surface area contributed by atoms with Crippen molar-refractivity contribution in [2.75, 3.05) is 5.32 Å². The third kappa shape index (κ3) is 3.30. The summed E-state index contributed by atoms with van der Waals surface area (Å²) in [4.78, 5) is 10.1. The summed E-state index contributed by atoms with van der Waals surface area (Å²) < 4.78 is 26.7. The van der Waals surface area contributed by atoms with E-state index in [1.165, 1.54) is 18.2 Å². The van der Waals surface area contributed by atoms with Gasteiger partial charge in [0.15, 0.2) is 0 Å². The average Bonchev–Trinajstić information content (AvgIpc) is 2.41. The van der Waals surface area contributed by atoms with E-state index in [1.807, 2.05) is 0 Å². The minimum atomic E-state index is -0.726. The number of nitro benzene ring substituents is 1. The van der Waals surface area contributed by atoms with Crippen molar-refractivity contribution in [1.29, 1.82) is 0 Å². The van der Waals surface area contributed by atoms with Gasteiger partial charge in [-0.3, -0.25) is 10.1 Å². The van der Waals surface area contributed by atoms with Crippen molar-refractivity contribution >= 4 is 27.3 Å². The van der Waals surface area contributed by atoms with Crippen LogP contribution in [0.1, 0.15) is 5.56 Å². The first-order chi connectivity index (χ1) is 9.47. The Balaban J connectivity index is 2.15. The van der Waals surface area contributed by atoms with Crippen molar-refractivity contribution < 1.29 is 13.7 Å². The van der Waals surface area contributed by atoms with Gasteiger partial charge in [0.1, 0.15) is 11.6 Å². The second-order valence-corrected chi connectivity index (χ2v) is 4.88. The predicted molar refractivity (Wildman–Crippen MR) is 74.5 cm³/mol. The Bertz CT molecular complexity index is 665. The van der Waals surface area contributed by atoms with Crippen LogP contribution in [0, 0.1) is 21.7 Å². The lowest BCUT2D eigenvalue weighted by atomic mass is 10.2. The maximum absolute atomic E-state index is 13.5. The molecule has 1 N–H and O–H groups in total. The molecule has 104 valence electrons. The molecule has 7 heteroatoms. The van der Waals surface area contributed by atoms with Crippen LogP contribution in [-0.2, 0) is 6.54 Å². The zero-order valence-electron chi connectivity index (χ0n) is 10.1. The molecule has 2 aromatic rings. The molecule has 2 aromatic carbocycles. The maximum Gasteiger partial charge on any atom is 0.269 e. The van der Waals surface area contributed by atoms with E-state index in [4.69, 9.17) is 0 Å². The van der Waals surface area contributed by atoms with Crippen molar-refractivity contribution in [3.63, 3.8) is 0 Å². The molecule has 0 aliphatic rings. The standard InChI is InChI=1S/C13H9BrF2N2O2/c14-10-5-13(12(16)6-11(10)15)17-7-8-2-1-3-9(4-8)18(19)20/h1-6,17H,7H2. The summed E-state index contributed by atoms with van der Waals surface area (Å²) in [6.45, 7) is 0.191.